The zero-order valence-corrected chi connectivity index (χ0v) is 14.2. The van der Waals surface area contributed by atoms with Crippen LogP contribution in [0.4, 0.5) is 4.79 Å². The zero-order chi connectivity index (χ0) is 14.4. The Morgan fingerprint density at radius 2 is 1.67 bits per heavy atom. The number of aliphatic hydroxyl groups excluding tert-OH is 1. The second-order valence-electron chi connectivity index (χ2n) is 4.61. The molecule has 0 aromatic heterocycles. The largest absolute Gasteiger partial charge is 0.444 e. The van der Waals surface area contributed by atoms with Gasteiger partial charge in [0, 0.05) is 6.54 Å². The van der Waals surface area contributed by atoms with Gasteiger partial charge < -0.3 is 15.2 Å². The average Bonchev–Trinajstić information content (AvgIpc) is 2.27. The average molecular weight is 314 g/mol. The lowest BCUT2D eigenvalue weighted by Crippen LogP contribution is -2.43. The molecular formula is C11H23NO3S3. The first-order valence-corrected chi connectivity index (χ1v) is 9.18. The molecule has 2 N–H and O–H groups in total. The van der Waals surface area contributed by atoms with Crippen LogP contribution in [0.5, 0.6) is 0 Å². The van der Waals surface area contributed by atoms with E-state index in [0.717, 1.165) is 0 Å². The van der Waals surface area contributed by atoms with E-state index in [-0.39, 0.29) is 9.96 Å². The maximum atomic E-state index is 11.5. The molecule has 0 fully saturated rings. The molecule has 0 aromatic carbocycles. The summed E-state index contributed by atoms with van der Waals surface area (Å²) in [5.41, 5.74) is -0.523. The van der Waals surface area contributed by atoms with Gasteiger partial charge in [-0.15, -0.1) is 35.3 Å². The lowest BCUT2D eigenvalue weighted by molar-refractivity contribution is 0.0495. The fraction of sp³-hybridized carbons (Fsp3) is 0.909. The number of thioether (sulfide) groups is 3. The van der Waals surface area contributed by atoms with Gasteiger partial charge in [0.2, 0.25) is 0 Å². The molecule has 0 radical (unpaired) electrons. The van der Waals surface area contributed by atoms with Gasteiger partial charge >= 0.3 is 6.09 Å². The quantitative estimate of drug-likeness (QED) is 0.735. The Bertz CT molecular complexity index is 256. The van der Waals surface area contributed by atoms with Crippen LogP contribution in [0.1, 0.15) is 20.8 Å². The van der Waals surface area contributed by atoms with Crippen LogP contribution >= 0.6 is 35.3 Å². The van der Waals surface area contributed by atoms with Gasteiger partial charge in [-0.1, -0.05) is 0 Å². The molecule has 18 heavy (non-hydrogen) atoms. The summed E-state index contributed by atoms with van der Waals surface area (Å²) in [5.74, 6) is 0. The van der Waals surface area contributed by atoms with E-state index in [4.69, 9.17) is 4.74 Å². The Balaban J connectivity index is 4.32. The van der Waals surface area contributed by atoms with Crippen molar-refractivity contribution in [3.63, 3.8) is 0 Å². The van der Waals surface area contributed by atoms with Crippen LogP contribution in [0.3, 0.4) is 0 Å². The molecule has 0 aliphatic carbocycles. The number of ether oxygens (including phenoxy) is 1. The first-order valence-electron chi connectivity index (χ1n) is 5.51. The number of hydrogen-bond acceptors (Lipinski definition) is 6. The SMILES string of the molecule is CSC(SC)(SC)C(O)CNC(=O)OC(C)(C)C. The van der Waals surface area contributed by atoms with Crippen LogP contribution in [-0.4, -0.2) is 51.6 Å². The standard InChI is InChI=1S/C11H23NO3S3/c1-10(2,3)15-9(14)12-7-8(13)11(16-4,17-5)18-6/h8,13H,7H2,1-6H3,(H,12,14). The van der Waals surface area contributed by atoms with Crippen molar-refractivity contribution >= 4 is 41.4 Å². The number of aliphatic hydroxyl groups is 1. The molecule has 108 valence electrons. The second-order valence-corrected chi connectivity index (χ2v) is 8.55. The maximum Gasteiger partial charge on any atom is 0.407 e. The third-order valence-electron chi connectivity index (χ3n) is 2.10. The minimum absolute atomic E-state index is 0.178. The molecule has 0 spiro atoms. The summed E-state index contributed by atoms with van der Waals surface area (Å²) < 4.78 is 4.75. The summed E-state index contributed by atoms with van der Waals surface area (Å²) >= 11 is 4.72. The van der Waals surface area contributed by atoms with Crippen molar-refractivity contribution in [2.24, 2.45) is 0 Å². The molecule has 1 atom stereocenters. The maximum absolute atomic E-state index is 11.5. The predicted octanol–water partition coefficient (Wildman–Crippen LogP) is 2.61. The van der Waals surface area contributed by atoms with E-state index in [0.29, 0.717) is 0 Å². The van der Waals surface area contributed by atoms with Gasteiger partial charge in [0.25, 0.3) is 0 Å². The number of carbonyl (C=O) groups excluding carboxylic acids is 1. The minimum atomic E-state index is -0.648. The molecule has 1 unspecified atom stereocenters. The van der Waals surface area contributed by atoms with E-state index in [1.54, 1.807) is 56.1 Å². The third kappa shape index (κ3) is 5.95. The van der Waals surface area contributed by atoms with E-state index in [1.165, 1.54) is 0 Å². The van der Waals surface area contributed by atoms with Gasteiger partial charge in [0.05, 0.1) is 0 Å². The first kappa shape index (κ1) is 18.3. The molecular weight excluding hydrogens is 290 g/mol. The van der Waals surface area contributed by atoms with Gasteiger partial charge in [-0.2, -0.15) is 0 Å². The monoisotopic (exact) mass is 313 g/mol. The Kier molecular flexibility index (Phi) is 7.89. The summed E-state index contributed by atoms with van der Waals surface area (Å²) in [6.45, 7) is 5.59. The molecule has 0 aliphatic heterocycles. The van der Waals surface area contributed by atoms with Crippen LogP contribution in [0.2, 0.25) is 0 Å². The lowest BCUT2D eigenvalue weighted by Gasteiger charge is -2.33. The van der Waals surface area contributed by atoms with Crippen LogP contribution in [0.15, 0.2) is 0 Å². The summed E-state index contributed by atoms with van der Waals surface area (Å²) in [5, 5.41) is 12.8. The highest BCUT2D eigenvalue weighted by Gasteiger charge is 2.36. The van der Waals surface area contributed by atoms with Gasteiger partial charge in [0.1, 0.15) is 15.1 Å². The number of alkyl carbamates (subject to hydrolysis) is 1. The van der Waals surface area contributed by atoms with Crippen molar-refractivity contribution in [3.05, 3.63) is 0 Å². The van der Waals surface area contributed by atoms with Gasteiger partial charge in [-0.05, 0) is 39.5 Å². The number of rotatable bonds is 6. The summed E-state index contributed by atoms with van der Waals surface area (Å²) in [7, 11) is 0. The Labute approximate surface area is 122 Å². The van der Waals surface area contributed by atoms with Crippen molar-refractivity contribution in [1.82, 2.24) is 5.32 Å². The fourth-order valence-electron chi connectivity index (χ4n) is 1.28. The van der Waals surface area contributed by atoms with Crippen LogP contribution < -0.4 is 5.32 Å². The molecule has 0 saturated heterocycles. The number of carbonyl (C=O) groups is 1. The summed E-state index contributed by atoms with van der Waals surface area (Å²) in [4.78, 5) is 11.5. The van der Waals surface area contributed by atoms with Crippen molar-refractivity contribution in [2.75, 3.05) is 25.3 Å². The van der Waals surface area contributed by atoms with Crippen LogP contribution in [-0.2, 0) is 4.74 Å². The molecule has 0 saturated carbocycles. The highest BCUT2D eigenvalue weighted by Crippen LogP contribution is 2.45. The van der Waals surface area contributed by atoms with Crippen molar-refractivity contribution < 1.29 is 14.6 Å². The molecule has 0 aromatic rings. The molecule has 1 amide bonds. The highest BCUT2D eigenvalue weighted by atomic mass is 32.3. The Morgan fingerprint density at radius 1 is 1.22 bits per heavy atom. The van der Waals surface area contributed by atoms with Crippen LogP contribution in [0.25, 0.3) is 0 Å². The lowest BCUT2D eigenvalue weighted by atomic mass is 10.2. The van der Waals surface area contributed by atoms with E-state index < -0.39 is 17.8 Å². The predicted molar refractivity (Wildman–Crippen MR) is 83.5 cm³/mol. The first-order chi connectivity index (χ1) is 8.20. The number of amides is 1. The third-order valence-corrected chi connectivity index (χ3v) is 7.62. The van der Waals surface area contributed by atoms with E-state index >= 15 is 0 Å². The van der Waals surface area contributed by atoms with Gasteiger partial charge in [-0.25, -0.2) is 4.79 Å². The summed E-state index contributed by atoms with van der Waals surface area (Å²) in [6, 6.07) is 0. The highest BCUT2D eigenvalue weighted by molar-refractivity contribution is 8.33. The zero-order valence-electron chi connectivity index (χ0n) is 11.8. The molecule has 0 aliphatic rings. The molecule has 4 nitrogen and oxygen atoms in total. The molecule has 0 rings (SSSR count). The van der Waals surface area contributed by atoms with Crippen LogP contribution in [0, 0.1) is 0 Å². The van der Waals surface area contributed by atoms with E-state index in [2.05, 4.69) is 5.32 Å². The Morgan fingerprint density at radius 3 is 2.00 bits per heavy atom. The second kappa shape index (κ2) is 7.77. The summed E-state index contributed by atoms with van der Waals surface area (Å²) in [6.07, 6.45) is 4.70. The molecule has 0 heterocycles. The molecule has 0 bridgehead atoms. The van der Waals surface area contributed by atoms with E-state index in [9.17, 15) is 9.90 Å². The van der Waals surface area contributed by atoms with Crippen molar-refractivity contribution in [3.8, 4) is 0 Å². The number of nitrogens with one attached hydrogen (secondary N) is 1. The topological polar surface area (TPSA) is 58.6 Å². The normalized spacial score (nSPS) is 14.2. The molecule has 7 heteroatoms. The van der Waals surface area contributed by atoms with Gasteiger partial charge in [-0.3, -0.25) is 0 Å². The van der Waals surface area contributed by atoms with Crippen molar-refractivity contribution in [1.29, 1.82) is 0 Å². The minimum Gasteiger partial charge on any atom is -0.444 e. The fourth-order valence-corrected chi connectivity index (χ4v) is 4.34. The number of hydrogen-bond donors (Lipinski definition) is 2. The Hall–Kier alpha value is 0.280. The van der Waals surface area contributed by atoms with Crippen molar-refractivity contribution in [2.45, 2.75) is 35.9 Å². The van der Waals surface area contributed by atoms with E-state index in [1.807, 2.05) is 18.8 Å². The van der Waals surface area contributed by atoms with Gasteiger partial charge in [0.15, 0.2) is 0 Å². The smallest absolute Gasteiger partial charge is 0.407 e.